The maximum Gasteiger partial charge on any atom is 0.174 e. The van der Waals surface area contributed by atoms with E-state index in [9.17, 15) is 4.39 Å². The summed E-state index contributed by atoms with van der Waals surface area (Å²) in [5.74, 6) is 1.19. The third-order valence-corrected chi connectivity index (χ3v) is 3.96. The molecule has 0 aliphatic heterocycles. The van der Waals surface area contributed by atoms with Gasteiger partial charge in [-0.3, -0.25) is 0 Å². The average Bonchev–Trinajstić information content (AvgIpc) is 2.50. The summed E-state index contributed by atoms with van der Waals surface area (Å²) in [6.07, 6.45) is 0. The molecule has 22 heavy (non-hydrogen) atoms. The highest BCUT2D eigenvalue weighted by atomic mass is 79.9. The van der Waals surface area contributed by atoms with Crippen LogP contribution in [-0.4, -0.2) is 14.2 Å². The van der Waals surface area contributed by atoms with Crippen molar-refractivity contribution in [3.63, 3.8) is 0 Å². The molecule has 118 valence electrons. The number of hydrogen-bond acceptors (Lipinski definition) is 3. The fourth-order valence-corrected chi connectivity index (χ4v) is 2.89. The van der Waals surface area contributed by atoms with E-state index >= 15 is 0 Å². The summed E-state index contributed by atoms with van der Waals surface area (Å²) in [6, 6.07) is 9.07. The molecule has 0 aromatic heterocycles. The number of methoxy groups -OCH3 is 2. The molecule has 0 radical (unpaired) electrons. The molecule has 5 heteroatoms. The lowest BCUT2D eigenvalue weighted by Crippen LogP contribution is -2.13. The van der Waals surface area contributed by atoms with E-state index in [1.54, 1.807) is 27.2 Å². The third kappa shape index (κ3) is 3.99. The molecule has 2 rings (SSSR count). The van der Waals surface area contributed by atoms with Crippen LogP contribution in [0.4, 0.5) is 4.39 Å². The van der Waals surface area contributed by atoms with Gasteiger partial charge in [0, 0.05) is 13.1 Å². The Labute approximate surface area is 138 Å². The van der Waals surface area contributed by atoms with Crippen LogP contribution in [0.5, 0.6) is 11.5 Å². The van der Waals surface area contributed by atoms with Crippen LogP contribution in [0.25, 0.3) is 0 Å². The van der Waals surface area contributed by atoms with Crippen LogP contribution in [0.2, 0.25) is 0 Å². The van der Waals surface area contributed by atoms with Crippen molar-refractivity contribution < 1.29 is 13.9 Å². The molecule has 0 unspecified atom stereocenters. The van der Waals surface area contributed by atoms with Crippen LogP contribution in [-0.2, 0) is 13.1 Å². The van der Waals surface area contributed by atoms with Gasteiger partial charge in [-0.25, -0.2) is 4.39 Å². The Kier molecular flexibility index (Phi) is 5.80. The molecule has 0 aliphatic carbocycles. The number of nitrogens with one attached hydrogen (secondary N) is 1. The van der Waals surface area contributed by atoms with Gasteiger partial charge in [-0.15, -0.1) is 0 Å². The van der Waals surface area contributed by atoms with Crippen LogP contribution in [0.1, 0.15) is 16.7 Å². The molecule has 0 aliphatic rings. The first kappa shape index (κ1) is 16.8. The summed E-state index contributed by atoms with van der Waals surface area (Å²) >= 11 is 3.48. The smallest absolute Gasteiger partial charge is 0.174 e. The van der Waals surface area contributed by atoms with Gasteiger partial charge in [0.1, 0.15) is 5.82 Å². The number of aryl methyl sites for hydroxylation is 1. The molecule has 0 fully saturated rings. The number of halogens is 2. The minimum Gasteiger partial charge on any atom is -0.493 e. The van der Waals surface area contributed by atoms with E-state index in [1.807, 2.05) is 18.2 Å². The maximum atomic E-state index is 13.2. The Balaban J connectivity index is 2.02. The van der Waals surface area contributed by atoms with Crippen LogP contribution >= 0.6 is 15.9 Å². The molecular weight excluding hydrogens is 349 g/mol. The summed E-state index contributed by atoms with van der Waals surface area (Å²) in [5.41, 5.74) is 2.79. The topological polar surface area (TPSA) is 30.5 Å². The van der Waals surface area contributed by atoms with Crippen molar-refractivity contribution in [1.82, 2.24) is 5.32 Å². The van der Waals surface area contributed by atoms with E-state index in [-0.39, 0.29) is 5.82 Å². The monoisotopic (exact) mass is 367 g/mol. The standard InChI is InChI=1S/C17H19BrFNO2/c1-11-6-12(4-5-15(11)19)9-20-10-13-7-14(18)17(22-3)16(8-13)21-2/h4-8,20H,9-10H2,1-3H3. The second kappa shape index (κ2) is 7.61. The highest BCUT2D eigenvalue weighted by Crippen LogP contribution is 2.36. The number of ether oxygens (including phenoxy) is 2. The average molecular weight is 368 g/mol. The lowest BCUT2D eigenvalue weighted by molar-refractivity contribution is 0.352. The van der Waals surface area contributed by atoms with E-state index in [0.29, 0.717) is 30.2 Å². The second-order valence-corrected chi connectivity index (χ2v) is 5.85. The fourth-order valence-electron chi connectivity index (χ4n) is 2.24. The fraction of sp³-hybridized carbons (Fsp3) is 0.294. The van der Waals surface area contributed by atoms with Crippen LogP contribution in [0.15, 0.2) is 34.8 Å². The van der Waals surface area contributed by atoms with E-state index in [2.05, 4.69) is 21.2 Å². The second-order valence-electron chi connectivity index (χ2n) is 5.00. The predicted molar refractivity (Wildman–Crippen MR) is 88.9 cm³/mol. The van der Waals surface area contributed by atoms with Gasteiger partial charge in [-0.05, 0) is 57.7 Å². The summed E-state index contributed by atoms with van der Waals surface area (Å²) in [4.78, 5) is 0. The molecule has 0 heterocycles. The number of hydrogen-bond donors (Lipinski definition) is 1. The van der Waals surface area contributed by atoms with Gasteiger partial charge >= 0.3 is 0 Å². The van der Waals surface area contributed by atoms with E-state index in [1.165, 1.54) is 6.07 Å². The normalized spacial score (nSPS) is 10.6. The zero-order valence-electron chi connectivity index (χ0n) is 12.9. The summed E-state index contributed by atoms with van der Waals surface area (Å²) in [6.45, 7) is 3.12. The van der Waals surface area contributed by atoms with Crippen molar-refractivity contribution in [3.05, 3.63) is 57.3 Å². The van der Waals surface area contributed by atoms with Crippen LogP contribution < -0.4 is 14.8 Å². The molecule has 0 spiro atoms. The predicted octanol–water partition coefficient (Wildman–Crippen LogP) is 4.20. The highest BCUT2D eigenvalue weighted by molar-refractivity contribution is 9.10. The molecule has 0 atom stereocenters. The van der Waals surface area contributed by atoms with Crippen molar-refractivity contribution in [2.75, 3.05) is 14.2 Å². The number of benzene rings is 2. The number of rotatable bonds is 6. The molecule has 2 aromatic carbocycles. The minimum absolute atomic E-state index is 0.174. The van der Waals surface area contributed by atoms with Gasteiger partial charge in [-0.1, -0.05) is 12.1 Å². The van der Waals surface area contributed by atoms with Crippen molar-refractivity contribution in [3.8, 4) is 11.5 Å². The SMILES string of the molecule is COc1cc(CNCc2ccc(F)c(C)c2)cc(Br)c1OC. The van der Waals surface area contributed by atoms with Crippen molar-refractivity contribution in [1.29, 1.82) is 0 Å². The first-order chi connectivity index (χ1) is 10.5. The van der Waals surface area contributed by atoms with Gasteiger partial charge < -0.3 is 14.8 Å². The van der Waals surface area contributed by atoms with Gasteiger partial charge in [-0.2, -0.15) is 0 Å². The molecular formula is C17H19BrFNO2. The first-order valence-electron chi connectivity index (χ1n) is 6.91. The third-order valence-electron chi connectivity index (χ3n) is 3.37. The molecule has 1 N–H and O–H groups in total. The summed E-state index contributed by atoms with van der Waals surface area (Å²) in [5, 5.41) is 3.34. The summed E-state index contributed by atoms with van der Waals surface area (Å²) < 4.78 is 24.7. The molecule has 3 nitrogen and oxygen atoms in total. The lowest BCUT2D eigenvalue weighted by atomic mass is 10.1. The Hall–Kier alpha value is -1.59. The quantitative estimate of drug-likeness (QED) is 0.829. The summed E-state index contributed by atoms with van der Waals surface area (Å²) in [7, 11) is 3.22. The molecule has 0 saturated heterocycles. The Morgan fingerprint density at radius 1 is 1.05 bits per heavy atom. The molecule has 0 saturated carbocycles. The van der Waals surface area contributed by atoms with Gasteiger partial charge in [0.2, 0.25) is 0 Å². The first-order valence-corrected chi connectivity index (χ1v) is 7.70. The molecule has 2 aromatic rings. The Morgan fingerprint density at radius 3 is 2.41 bits per heavy atom. The Morgan fingerprint density at radius 2 is 1.77 bits per heavy atom. The van der Waals surface area contributed by atoms with Crippen molar-refractivity contribution in [2.45, 2.75) is 20.0 Å². The van der Waals surface area contributed by atoms with Gasteiger partial charge in [0.15, 0.2) is 11.5 Å². The highest BCUT2D eigenvalue weighted by Gasteiger charge is 2.10. The Bertz CT molecular complexity index is 661. The van der Waals surface area contributed by atoms with Crippen molar-refractivity contribution in [2.24, 2.45) is 0 Å². The zero-order valence-corrected chi connectivity index (χ0v) is 14.5. The minimum atomic E-state index is -0.174. The van der Waals surface area contributed by atoms with E-state index in [0.717, 1.165) is 15.6 Å². The molecule has 0 amide bonds. The van der Waals surface area contributed by atoms with Crippen LogP contribution in [0.3, 0.4) is 0 Å². The largest absolute Gasteiger partial charge is 0.493 e. The molecule has 0 bridgehead atoms. The maximum absolute atomic E-state index is 13.2. The zero-order chi connectivity index (χ0) is 16.1. The van der Waals surface area contributed by atoms with E-state index < -0.39 is 0 Å². The van der Waals surface area contributed by atoms with Gasteiger partial charge in [0.25, 0.3) is 0 Å². The van der Waals surface area contributed by atoms with Gasteiger partial charge in [0.05, 0.1) is 18.7 Å². The van der Waals surface area contributed by atoms with Crippen LogP contribution in [0, 0.1) is 12.7 Å². The van der Waals surface area contributed by atoms with E-state index in [4.69, 9.17) is 9.47 Å². The lowest BCUT2D eigenvalue weighted by Gasteiger charge is -2.12. The van der Waals surface area contributed by atoms with Crippen molar-refractivity contribution >= 4 is 15.9 Å².